The molecule has 1 fully saturated rings. The molecule has 1 aliphatic heterocycles. The highest BCUT2D eigenvalue weighted by molar-refractivity contribution is 14.0. The second kappa shape index (κ2) is 10.8. The van der Waals surface area contributed by atoms with E-state index in [0.29, 0.717) is 12.4 Å². The Bertz CT molecular complexity index is 637. The first-order valence-corrected chi connectivity index (χ1v) is 10.3. The van der Waals surface area contributed by atoms with E-state index >= 15 is 0 Å². The molecule has 6 nitrogen and oxygen atoms in total. The number of guanidine groups is 1. The number of nitrogens with zero attached hydrogens (tertiary/aromatic N) is 2. The van der Waals surface area contributed by atoms with Crippen molar-refractivity contribution in [2.75, 3.05) is 43.6 Å². The summed E-state index contributed by atoms with van der Waals surface area (Å²) in [6, 6.07) is 10.3. The van der Waals surface area contributed by atoms with Crippen molar-refractivity contribution in [3.05, 3.63) is 30.3 Å². The maximum atomic E-state index is 11.5. The molecule has 0 aliphatic carbocycles. The van der Waals surface area contributed by atoms with Crippen molar-refractivity contribution in [3.8, 4) is 0 Å². The molecule has 142 valence electrons. The number of hydrogen-bond donors (Lipinski definition) is 2. The zero-order chi connectivity index (χ0) is 17.4. The van der Waals surface area contributed by atoms with Crippen LogP contribution in [0.5, 0.6) is 0 Å². The van der Waals surface area contributed by atoms with Crippen molar-refractivity contribution in [2.24, 2.45) is 4.99 Å². The number of rotatable bonds is 7. The second-order valence-corrected chi connectivity index (χ2v) is 8.44. The molecule has 0 radical (unpaired) electrons. The van der Waals surface area contributed by atoms with Gasteiger partial charge in [0.2, 0.25) is 0 Å². The molecule has 0 saturated carbocycles. The van der Waals surface area contributed by atoms with Gasteiger partial charge in [-0.1, -0.05) is 18.2 Å². The standard InChI is InChI=1S/C17H28N4O2S.HI/c1-18-17(20-15-10-13-24(22,23)14-15)19-11-6-7-12-21(2)16-8-4-3-5-9-16;/h3-5,8-9,15H,6-7,10-14H2,1-2H3,(H2,18,19,20);1H. The molecule has 1 aromatic carbocycles. The smallest absolute Gasteiger partial charge is 0.191 e. The lowest BCUT2D eigenvalue weighted by atomic mass is 10.2. The number of unbranched alkanes of at least 4 members (excludes halogenated alkanes) is 1. The number of sulfone groups is 1. The van der Waals surface area contributed by atoms with Gasteiger partial charge in [0.25, 0.3) is 0 Å². The molecular formula is C17H29IN4O2S. The van der Waals surface area contributed by atoms with Gasteiger partial charge in [0.15, 0.2) is 15.8 Å². The Morgan fingerprint density at radius 1 is 1.28 bits per heavy atom. The highest BCUT2D eigenvalue weighted by Crippen LogP contribution is 2.12. The van der Waals surface area contributed by atoms with Crippen molar-refractivity contribution >= 4 is 45.5 Å². The Kier molecular flexibility index (Phi) is 9.55. The quantitative estimate of drug-likeness (QED) is 0.270. The van der Waals surface area contributed by atoms with Crippen LogP contribution in [0.25, 0.3) is 0 Å². The molecule has 1 atom stereocenters. The average molecular weight is 480 g/mol. The fourth-order valence-electron chi connectivity index (χ4n) is 2.79. The van der Waals surface area contributed by atoms with Gasteiger partial charge >= 0.3 is 0 Å². The van der Waals surface area contributed by atoms with Crippen LogP contribution in [0.1, 0.15) is 19.3 Å². The van der Waals surface area contributed by atoms with Crippen LogP contribution >= 0.6 is 24.0 Å². The van der Waals surface area contributed by atoms with E-state index in [4.69, 9.17) is 0 Å². The van der Waals surface area contributed by atoms with Gasteiger partial charge in [-0.2, -0.15) is 0 Å². The SMILES string of the molecule is CN=C(NCCCCN(C)c1ccccc1)NC1CCS(=O)(=O)C1.I. The molecule has 1 aromatic rings. The number of halogens is 1. The summed E-state index contributed by atoms with van der Waals surface area (Å²) < 4.78 is 23.0. The maximum absolute atomic E-state index is 11.5. The van der Waals surface area contributed by atoms with E-state index in [1.807, 2.05) is 18.2 Å². The molecule has 2 rings (SSSR count). The van der Waals surface area contributed by atoms with Gasteiger partial charge in [-0.05, 0) is 31.4 Å². The normalized spacial score (nSPS) is 19.1. The lowest BCUT2D eigenvalue weighted by Crippen LogP contribution is -2.44. The second-order valence-electron chi connectivity index (χ2n) is 6.21. The lowest BCUT2D eigenvalue weighted by Gasteiger charge is -2.19. The van der Waals surface area contributed by atoms with E-state index in [2.05, 4.69) is 39.7 Å². The highest BCUT2D eigenvalue weighted by atomic mass is 127. The minimum Gasteiger partial charge on any atom is -0.375 e. The molecule has 0 aromatic heterocycles. The zero-order valence-corrected chi connectivity index (χ0v) is 18.1. The summed E-state index contributed by atoms with van der Waals surface area (Å²) in [7, 11) is 0.946. The van der Waals surface area contributed by atoms with Crippen molar-refractivity contribution in [2.45, 2.75) is 25.3 Å². The summed E-state index contributed by atoms with van der Waals surface area (Å²) in [5.41, 5.74) is 1.23. The fraction of sp³-hybridized carbons (Fsp3) is 0.588. The van der Waals surface area contributed by atoms with E-state index in [9.17, 15) is 8.42 Å². The van der Waals surface area contributed by atoms with Crippen LogP contribution in [0, 0.1) is 0 Å². The van der Waals surface area contributed by atoms with Gasteiger partial charge in [0, 0.05) is 38.9 Å². The van der Waals surface area contributed by atoms with Gasteiger partial charge in [-0.25, -0.2) is 8.42 Å². The summed E-state index contributed by atoms with van der Waals surface area (Å²) in [5, 5.41) is 6.46. The van der Waals surface area contributed by atoms with Crippen LogP contribution in [0.15, 0.2) is 35.3 Å². The first-order valence-electron chi connectivity index (χ1n) is 8.44. The van der Waals surface area contributed by atoms with E-state index in [-0.39, 0.29) is 41.5 Å². The summed E-state index contributed by atoms with van der Waals surface area (Å²) >= 11 is 0. The number of para-hydroxylation sites is 1. The van der Waals surface area contributed by atoms with Crippen LogP contribution in [0.2, 0.25) is 0 Å². The topological polar surface area (TPSA) is 73.8 Å². The van der Waals surface area contributed by atoms with Gasteiger partial charge in [-0.15, -0.1) is 24.0 Å². The van der Waals surface area contributed by atoms with Gasteiger partial charge in [0.05, 0.1) is 11.5 Å². The van der Waals surface area contributed by atoms with E-state index in [0.717, 1.165) is 25.9 Å². The molecule has 25 heavy (non-hydrogen) atoms. The Hall–Kier alpha value is -1.03. The Balaban J connectivity index is 0.00000312. The molecule has 1 saturated heterocycles. The Morgan fingerprint density at radius 2 is 2.00 bits per heavy atom. The van der Waals surface area contributed by atoms with Crippen LogP contribution in [-0.2, 0) is 9.84 Å². The third kappa shape index (κ3) is 7.81. The highest BCUT2D eigenvalue weighted by Gasteiger charge is 2.28. The minimum atomic E-state index is -2.87. The summed E-state index contributed by atoms with van der Waals surface area (Å²) in [6.45, 7) is 1.82. The van der Waals surface area contributed by atoms with Crippen molar-refractivity contribution in [1.29, 1.82) is 0 Å². The summed E-state index contributed by atoms with van der Waals surface area (Å²) in [4.78, 5) is 6.42. The van der Waals surface area contributed by atoms with E-state index < -0.39 is 9.84 Å². The minimum absolute atomic E-state index is 0. The third-order valence-electron chi connectivity index (χ3n) is 4.21. The van der Waals surface area contributed by atoms with E-state index in [1.165, 1.54) is 5.69 Å². The number of nitrogens with one attached hydrogen (secondary N) is 2. The van der Waals surface area contributed by atoms with Crippen LogP contribution < -0.4 is 15.5 Å². The Labute approximate surface area is 168 Å². The van der Waals surface area contributed by atoms with E-state index in [1.54, 1.807) is 7.05 Å². The molecule has 8 heteroatoms. The number of hydrogen-bond acceptors (Lipinski definition) is 4. The largest absolute Gasteiger partial charge is 0.375 e. The first kappa shape index (κ1) is 22.0. The molecule has 2 N–H and O–H groups in total. The zero-order valence-electron chi connectivity index (χ0n) is 14.9. The predicted molar refractivity (Wildman–Crippen MR) is 116 cm³/mol. The van der Waals surface area contributed by atoms with Crippen molar-refractivity contribution < 1.29 is 8.42 Å². The lowest BCUT2D eigenvalue weighted by molar-refractivity contribution is 0.599. The van der Waals surface area contributed by atoms with Crippen LogP contribution in [0.3, 0.4) is 0 Å². The number of anilines is 1. The van der Waals surface area contributed by atoms with Crippen LogP contribution in [-0.4, -0.2) is 59.1 Å². The number of aliphatic imine (C=N–C) groups is 1. The molecule has 1 unspecified atom stereocenters. The first-order chi connectivity index (χ1) is 11.5. The molecule has 1 aliphatic rings. The van der Waals surface area contributed by atoms with Gasteiger partial charge in [-0.3, -0.25) is 4.99 Å². The summed E-state index contributed by atoms with van der Waals surface area (Å²) in [5.74, 6) is 1.16. The van der Waals surface area contributed by atoms with Crippen molar-refractivity contribution in [3.63, 3.8) is 0 Å². The molecule has 0 spiro atoms. The molecule has 1 heterocycles. The van der Waals surface area contributed by atoms with Gasteiger partial charge in [0.1, 0.15) is 0 Å². The Morgan fingerprint density at radius 3 is 2.60 bits per heavy atom. The molecular weight excluding hydrogens is 451 g/mol. The summed E-state index contributed by atoms with van der Waals surface area (Å²) in [6.07, 6.45) is 2.76. The number of benzene rings is 1. The predicted octanol–water partition coefficient (Wildman–Crippen LogP) is 1.87. The van der Waals surface area contributed by atoms with Crippen LogP contribution in [0.4, 0.5) is 5.69 Å². The fourth-order valence-corrected chi connectivity index (χ4v) is 4.46. The monoisotopic (exact) mass is 480 g/mol. The maximum Gasteiger partial charge on any atom is 0.191 e. The molecule has 0 bridgehead atoms. The molecule has 0 amide bonds. The average Bonchev–Trinajstić information content (AvgIpc) is 2.92. The van der Waals surface area contributed by atoms with Crippen molar-refractivity contribution in [1.82, 2.24) is 10.6 Å². The van der Waals surface area contributed by atoms with Gasteiger partial charge < -0.3 is 15.5 Å². The third-order valence-corrected chi connectivity index (χ3v) is 5.97.